The molecule has 0 spiro atoms. The predicted octanol–water partition coefficient (Wildman–Crippen LogP) is 1.61. The fraction of sp³-hybridized carbons (Fsp3) is 0.250. The molecular formula is C16H16N4O3S. The summed E-state index contributed by atoms with van der Waals surface area (Å²) in [5.41, 5.74) is 2.01. The summed E-state index contributed by atoms with van der Waals surface area (Å²) in [6, 6.07) is 11.2. The van der Waals surface area contributed by atoms with Gasteiger partial charge in [-0.3, -0.25) is 19.3 Å². The van der Waals surface area contributed by atoms with Crippen LogP contribution in [-0.4, -0.2) is 50.6 Å². The van der Waals surface area contributed by atoms with Crippen molar-refractivity contribution in [2.45, 2.75) is 6.92 Å². The fourth-order valence-electron chi connectivity index (χ4n) is 2.38. The molecule has 2 heterocycles. The van der Waals surface area contributed by atoms with E-state index in [4.69, 9.17) is 0 Å². The number of carbonyl (C=O) groups is 3. The zero-order valence-corrected chi connectivity index (χ0v) is 13.9. The van der Waals surface area contributed by atoms with Gasteiger partial charge in [0.25, 0.3) is 11.1 Å². The van der Waals surface area contributed by atoms with E-state index in [1.54, 1.807) is 10.7 Å². The number of imide groups is 1. The van der Waals surface area contributed by atoms with Gasteiger partial charge in [-0.2, -0.15) is 5.10 Å². The van der Waals surface area contributed by atoms with Gasteiger partial charge in [0.05, 0.1) is 11.4 Å². The van der Waals surface area contributed by atoms with Crippen molar-refractivity contribution in [1.29, 1.82) is 0 Å². The van der Waals surface area contributed by atoms with Crippen LogP contribution in [0, 0.1) is 6.92 Å². The monoisotopic (exact) mass is 344 g/mol. The molecule has 1 saturated heterocycles. The number of carbonyl (C=O) groups excluding carboxylic acids is 3. The molecule has 0 aliphatic carbocycles. The number of aromatic nitrogens is 2. The molecule has 0 saturated carbocycles. The Morgan fingerprint density at radius 3 is 2.71 bits per heavy atom. The number of aryl methyl sites for hydroxylation is 1. The summed E-state index contributed by atoms with van der Waals surface area (Å²) in [6.07, 6.45) is 0. The standard InChI is InChI=1S/C16H16N4O3S/c1-11-9-13(18-20(11)12-5-3-2-4-6-12)15(22)17-7-8-19-14(21)10-24-16(19)23/h2-6,9H,7-8,10H2,1H3,(H,17,22). The summed E-state index contributed by atoms with van der Waals surface area (Å²) in [5, 5.41) is 6.74. The van der Waals surface area contributed by atoms with Crippen LogP contribution in [0.15, 0.2) is 36.4 Å². The van der Waals surface area contributed by atoms with E-state index in [1.807, 2.05) is 37.3 Å². The molecule has 0 unspecified atom stereocenters. The highest BCUT2D eigenvalue weighted by atomic mass is 32.2. The second-order valence-electron chi connectivity index (χ2n) is 5.27. The molecule has 3 rings (SSSR count). The minimum Gasteiger partial charge on any atom is -0.349 e. The van der Waals surface area contributed by atoms with Crippen molar-refractivity contribution in [2.24, 2.45) is 0 Å². The Labute approximate surface area is 143 Å². The summed E-state index contributed by atoms with van der Waals surface area (Å²) >= 11 is 0.981. The molecule has 0 radical (unpaired) electrons. The molecule has 1 aromatic heterocycles. The zero-order valence-electron chi connectivity index (χ0n) is 13.1. The number of para-hydroxylation sites is 1. The van der Waals surface area contributed by atoms with E-state index in [9.17, 15) is 14.4 Å². The Kier molecular flexibility index (Phi) is 4.66. The van der Waals surface area contributed by atoms with Crippen LogP contribution in [0.1, 0.15) is 16.2 Å². The van der Waals surface area contributed by atoms with Crippen molar-refractivity contribution in [1.82, 2.24) is 20.0 Å². The van der Waals surface area contributed by atoms with Gasteiger partial charge in [0.2, 0.25) is 5.91 Å². The topological polar surface area (TPSA) is 84.3 Å². The van der Waals surface area contributed by atoms with Crippen LogP contribution < -0.4 is 5.32 Å². The van der Waals surface area contributed by atoms with Gasteiger partial charge >= 0.3 is 0 Å². The molecule has 1 N–H and O–H groups in total. The molecule has 8 heteroatoms. The minimum atomic E-state index is -0.334. The van der Waals surface area contributed by atoms with E-state index in [1.165, 1.54) is 0 Å². The molecule has 124 valence electrons. The number of amides is 3. The van der Waals surface area contributed by atoms with Gasteiger partial charge < -0.3 is 5.32 Å². The highest BCUT2D eigenvalue weighted by molar-refractivity contribution is 8.14. The fourth-order valence-corrected chi connectivity index (χ4v) is 3.14. The largest absolute Gasteiger partial charge is 0.349 e. The van der Waals surface area contributed by atoms with Crippen LogP contribution >= 0.6 is 11.8 Å². The lowest BCUT2D eigenvalue weighted by atomic mass is 10.3. The lowest BCUT2D eigenvalue weighted by Crippen LogP contribution is -2.37. The van der Waals surface area contributed by atoms with Crippen molar-refractivity contribution in [2.75, 3.05) is 18.8 Å². The maximum Gasteiger partial charge on any atom is 0.288 e. The van der Waals surface area contributed by atoms with Crippen LogP contribution in [0.4, 0.5) is 4.79 Å². The summed E-state index contributed by atoms with van der Waals surface area (Å²) in [4.78, 5) is 36.3. The Bertz CT molecular complexity index is 772. The summed E-state index contributed by atoms with van der Waals surface area (Å²) in [6.45, 7) is 2.25. The third-order valence-corrected chi connectivity index (χ3v) is 4.44. The summed E-state index contributed by atoms with van der Waals surface area (Å²) < 4.78 is 1.69. The van der Waals surface area contributed by atoms with E-state index >= 15 is 0 Å². The van der Waals surface area contributed by atoms with E-state index < -0.39 is 0 Å². The normalized spacial score (nSPS) is 14.3. The smallest absolute Gasteiger partial charge is 0.288 e. The zero-order chi connectivity index (χ0) is 17.1. The van der Waals surface area contributed by atoms with E-state index in [2.05, 4.69) is 10.4 Å². The SMILES string of the molecule is Cc1cc(C(=O)NCCN2C(=O)CSC2=O)nn1-c1ccccc1. The second kappa shape index (κ2) is 6.88. The van der Waals surface area contributed by atoms with E-state index in [0.29, 0.717) is 5.69 Å². The third-order valence-electron chi connectivity index (χ3n) is 3.58. The molecule has 0 bridgehead atoms. The van der Waals surface area contributed by atoms with Crippen LogP contribution in [0.3, 0.4) is 0 Å². The molecule has 1 fully saturated rings. The first kappa shape index (κ1) is 16.3. The minimum absolute atomic E-state index is 0.174. The lowest BCUT2D eigenvalue weighted by molar-refractivity contribution is -0.124. The van der Waals surface area contributed by atoms with Crippen LogP contribution in [-0.2, 0) is 4.79 Å². The number of thioether (sulfide) groups is 1. The number of hydrogen-bond donors (Lipinski definition) is 1. The molecule has 7 nitrogen and oxygen atoms in total. The maximum absolute atomic E-state index is 12.2. The number of benzene rings is 1. The van der Waals surface area contributed by atoms with Crippen LogP contribution in [0.5, 0.6) is 0 Å². The number of nitrogens with zero attached hydrogens (tertiary/aromatic N) is 3. The van der Waals surface area contributed by atoms with Gasteiger partial charge in [0.15, 0.2) is 5.69 Å². The molecule has 0 atom stereocenters. The Morgan fingerprint density at radius 1 is 1.29 bits per heavy atom. The van der Waals surface area contributed by atoms with Gasteiger partial charge in [0.1, 0.15) is 0 Å². The first-order chi connectivity index (χ1) is 11.6. The van der Waals surface area contributed by atoms with Crippen LogP contribution in [0.2, 0.25) is 0 Å². The predicted molar refractivity (Wildman–Crippen MR) is 90.2 cm³/mol. The second-order valence-corrected chi connectivity index (χ2v) is 6.20. The first-order valence-electron chi connectivity index (χ1n) is 7.43. The lowest BCUT2D eigenvalue weighted by Gasteiger charge is -2.12. The molecule has 1 aliphatic rings. The maximum atomic E-state index is 12.2. The molecule has 24 heavy (non-hydrogen) atoms. The number of nitrogens with one attached hydrogen (secondary N) is 1. The molecule has 3 amide bonds. The third kappa shape index (κ3) is 3.33. The first-order valence-corrected chi connectivity index (χ1v) is 8.42. The van der Waals surface area contributed by atoms with E-state index in [-0.39, 0.29) is 35.9 Å². The average Bonchev–Trinajstić information content (AvgIpc) is 3.12. The van der Waals surface area contributed by atoms with Gasteiger partial charge in [-0.25, -0.2) is 4.68 Å². The summed E-state index contributed by atoms with van der Waals surface area (Å²) in [7, 11) is 0. The molecule has 1 aliphatic heterocycles. The van der Waals surface area contributed by atoms with Crippen molar-refractivity contribution in [3.8, 4) is 5.69 Å². The molecule has 1 aromatic carbocycles. The Morgan fingerprint density at radius 2 is 2.04 bits per heavy atom. The molecule has 2 aromatic rings. The van der Waals surface area contributed by atoms with Crippen molar-refractivity contribution < 1.29 is 14.4 Å². The van der Waals surface area contributed by atoms with Crippen molar-refractivity contribution >= 4 is 28.8 Å². The van der Waals surface area contributed by atoms with Gasteiger partial charge in [-0.1, -0.05) is 30.0 Å². The van der Waals surface area contributed by atoms with Gasteiger partial charge in [-0.05, 0) is 25.1 Å². The quantitative estimate of drug-likeness (QED) is 0.891. The Hall–Kier alpha value is -2.61. The average molecular weight is 344 g/mol. The van der Waals surface area contributed by atoms with Crippen molar-refractivity contribution in [3.05, 3.63) is 47.8 Å². The highest BCUT2D eigenvalue weighted by Crippen LogP contribution is 2.17. The van der Waals surface area contributed by atoms with Crippen molar-refractivity contribution in [3.63, 3.8) is 0 Å². The van der Waals surface area contributed by atoms with Crippen LogP contribution in [0.25, 0.3) is 5.69 Å². The number of rotatable bonds is 5. The Balaban J connectivity index is 1.62. The highest BCUT2D eigenvalue weighted by Gasteiger charge is 2.29. The van der Waals surface area contributed by atoms with Gasteiger partial charge in [0, 0.05) is 18.8 Å². The summed E-state index contributed by atoms with van der Waals surface area (Å²) in [5.74, 6) is -0.379. The van der Waals surface area contributed by atoms with E-state index in [0.717, 1.165) is 28.0 Å². The van der Waals surface area contributed by atoms with Gasteiger partial charge in [-0.15, -0.1) is 0 Å². The molecular weight excluding hydrogens is 328 g/mol. The number of hydrogen-bond acceptors (Lipinski definition) is 5.